The van der Waals surface area contributed by atoms with Gasteiger partial charge in [-0.25, -0.2) is 0 Å². The minimum atomic E-state index is -1.07. The van der Waals surface area contributed by atoms with Gasteiger partial charge in [-0.15, -0.1) is 0 Å². The van der Waals surface area contributed by atoms with E-state index in [1.165, 1.54) is 13.5 Å². The first-order valence-corrected chi connectivity index (χ1v) is 15.9. The van der Waals surface area contributed by atoms with E-state index in [0.29, 0.717) is 44.6 Å². The second-order valence-corrected chi connectivity index (χ2v) is 13.9. The second-order valence-electron chi connectivity index (χ2n) is 12.7. The standard InChI is InChI=1S/C31H43IN2O7/c1-31(2)21-7-6-19(22(31)14-21)15-34(30(39)18-4-5-18)24-12-20(29(38)33-8-9-35)13-25(27(24)37)41-28-23(32)10-17(16-36)11-26(28)40-3/h10-11,13,18-19,21-22,24-25,27,35-37H,4-9,12,14-16H2,1-3H3,(H,33,38)/t19-,21-,22-,24+,25-,27-/m0/s1. The molecule has 0 radical (unpaired) electrons. The predicted octanol–water partition coefficient (Wildman–Crippen LogP) is 3.02. The Morgan fingerprint density at radius 3 is 2.54 bits per heavy atom. The maximum Gasteiger partial charge on any atom is 0.247 e. The monoisotopic (exact) mass is 682 g/mol. The molecule has 0 aliphatic heterocycles. The number of aliphatic hydroxyl groups is 3. The molecular weight excluding hydrogens is 639 g/mol. The molecule has 41 heavy (non-hydrogen) atoms. The molecule has 4 fully saturated rings. The lowest BCUT2D eigenvalue weighted by atomic mass is 9.45. The first-order valence-electron chi connectivity index (χ1n) is 14.8. The molecule has 4 saturated carbocycles. The SMILES string of the molecule is COc1cc(CO)cc(I)c1O[C@H]1C=C(C(=O)NCCO)C[C@@H](N(C[C@@H]2CC[C@H]3C[C@@H]2C3(C)C)C(=O)C2CC2)[C@@H]1O. The van der Waals surface area contributed by atoms with E-state index >= 15 is 0 Å². The Kier molecular flexibility index (Phi) is 9.23. The number of benzene rings is 1. The number of aliphatic hydroxyl groups excluding tert-OH is 3. The molecule has 6 rings (SSSR count). The summed E-state index contributed by atoms with van der Waals surface area (Å²) in [6.07, 6.45) is 4.97. The highest BCUT2D eigenvalue weighted by molar-refractivity contribution is 14.1. The maximum atomic E-state index is 13.8. The molecule has 6 atom stereocenters. The highest BCUT2D eigenvalue weighted by atomic mass is 127. The molecule has 9 nitrogen and oxygen atoms in total. The fourth-order valence-electron chi connectivity index (χ4n) is 7.28. The number of hydrogen-bond donors (Lipinski definition) is 4. The molecule has 2 bridgehead atoms. The lowest BCUT2D eigenvalue weighted by Crippen LogP contribution is -2.59. The minimum absolute atomic E-state index is 0.0306. The summed E-state index contributed by atoms with van der Waals surface area (Å²) in [6, 6.07) is 2.83. The van der Waals surface area contributed by atoms with Crippen molar-refractivity contribution in [3.05, 3.63) is 32.9 Å². The van der Waals surface area contributed by atoms with Crippen LogP contribution in [0.1, 0.15) is 57.9 Å². The van der Waals surface area contributed by atoms with Gasteiger partial charge in [0.1, 0.15) is 12.2 Å². The number of nitrogens with one attached hydrogen (secondary N) is 1. The van der Waals surface area contributed by atoms with E-state index in [4.69, 9.17) is 9.47 Å². The average molecular weight is 683 g/mol. The van der Waals surface area contributed by atoms with Crippen molar-refractivity contribution in [2.24, 2.45) is 29.1 Å². The van der Waals surface area contributed by atoms with Gasteiger partial charge in [-0.2, -0.15) is 0 Å². The highest BCUT2D eigenvalue weighted by Crippen LogP contribution is 2.61. The largest absolute Gasteiger partial charge is 0.493 e. The summed E-state index contributed by atoms with van der Waals surface area (Å²) in [5, 5.41) is 33.5. The molecule has 1 aromatic rings. The molecule has 5 aliphatic carbocycles. The quantitative estimate of drug-likeness (QED) is 0.265. The van der Waals surface area contributed by atoms with Crippen molar-refractivity contribution in [1.82, 2.24) is 10.2 Å². The summed E-state index contributed by atoms with van der Waals surface area (Å²) >= 11 is 2.10. The van der Waals surface area contributed by atoms with Crippen molar-refractivity contribution < 1.29 is 34.4 Å². The Hall–Kier alpha value is -1.89. The zero-order chi connectivity index (χ0) is 29.5. The molecule has 2 amide bonds. The van der Waals surface area contributed by atoms with Gasteiger partial charge in [0, 0.05) is 31.0 Å². The van der Waals surface area contributed by atoms with Crippen LogP contribution in [0.4, 0.5) is 0 Å². The first kappa shape index (κ1) is 30.6. The Morgan fingerprint density at radius 1 is 1.17 bits per heavy atom. The molecule has 0 spiro atoms. The third kappa shape index (κ3) is 6.12. The van der Waals surface area contributed by atoms with Crippen LogP contribution < -0.4 is 14.8 Å². The van der Waals surface area contributed by atoms with Crippen LogP contribution in [0.3, 0.4) is 0 Å². The number of nitrogens with zero attached hydrogens (tertiary/aromatic N) is 1. The maximum absolute atomic E-state index is 13.8. The van der Waals surface area contributed by atoms with E-state index < -0.39 is 18.2 Å². The number of carbonyl (C=O) groups excluding carboxylic acids is 2. The van der Waals surface area contributed by atoms with Crippen LogP contribution >= 0.6 is 22.6 Å². The van der Waals surface area contributed by atoms with Gasteiger partial charge in [0.2, 0.25) is 11.8 Å². The van der Waals surface area contributed by atoms with Crippen LogP contribution in [0.5, 0.6) is 11.5 Å². The van der Waals surface area contributed by atoms with Crippen molar-refractivity contribution in [3.8, 4) is 11.5 Å². The Balaban J connectivity index is 1.47. The Morgan fingerprint density at radius 2 is 1.93 bits per heavy atom. The molecule has 0 aromatic heterocycles. The van der Waals surface area contributed by atoms with Crippen LogP contribution in [0.25, 0.3) is 0 Å². The molecule has 0 unspecified atom stereocenters. The van der Waals surface area contributed by atoms with E-state index in [1.807, 2.05) is 4.90 Å². The lowest BCUT2D eigenvalue weighted by molar-refractivity contribution is -0.149. The van der Waals surface area contributed by atoms with E-state index in [0.717, 1.165) is 31.6 Å². The molecule has 0 saturated heterocycles. The highest BCUT2D eigenvalue weighted by Gasteiger charge is 2.55. The van der Waals surface area contributed by atoms with Crippen molar-refractivity contribution in [1.29, 1.82) is 0 Å². The Bertz CT molecular complexity index is 1180. The molecule has 226 valence electrons. The molecule has 10 heteroatoms. The minimum Gasteiger partial charge on any atom is -0.493 e. The van der Waals surface area contributed by atoms with Crippen molar-refractivity contribution in [2.45, 2.75) is 77.2 Å². The third-order valence-corrected chi connectivity index (χ3v) is 10.8. The fourth-order valence-corrected chi connectivity index (χ4v) is 8.07. The third-order valence-electron chi connectivity index (χ3n) is 9.98. The number of rotatable bonds is 11. The van der Waals surface area contributed by atoms with Crippen molar-refractivity contribution in [2.75, 3.05) is 26.8 Å². The van der Waals surface area contributed by atoms with Gasteiger partial charge in [-0.05, 0) is 102 Å². The lowest BCUT2D eigenvalue weighted by Gasteiger charge is -2.61. The van der Waals surface area contributed by atoms with Gasteiger partial charge in [-0.1, -0.05) is 13.8 Å². The van der Waals surface area contributed by atoms with Crippen LogP contribution in [0.15, 0.2) is 23.8 Å². The zero-order valence-electron chi connectivity index (χ0n) is 24.1. The van der Waals surface area contributed by atoms with Gasteiger partial charge in [0.25, 0.3) is 0 Å². The predicted molar refractivity (Wildman–Crippen MR) is 161 cm³/mol. The average Bonchev–Trinajstić information content (AvgIpc) is 3.82. The summed E-state index contributed by atoms with van der Waals surface area (Å²) in [5.74, 6) is 2.13. The smallest absolute Gasteiger partial charge is 0.247 e. The van der Waals surface area contributed by atoms with Crippen molar-refractivity contribution >= 4 is 34.4 Å². The van der Waals surface area contributed by atoms with E-state index in [9.17, 15) is 24.9 Å². The van der Waals surface area contributed by atoms with Crippen LogP contribution in [-0.4, -0.2) is 77.1 Å². The second kappa shape index (κ2) is 12.4. The Labute approximate surface area is 255 Å². The normalized spacial score (nSPS) is 30.1. The van der Waals surface area contributed by atoms with Gasteiger partial charge in [0.15, 0.2) is 11.5 Å². The number of fused-ring (bicyclic) bond motifs is 2. The summed E-state index contributed by atoms with van der Waals surface area (Å²) in [6.45, 7) is 5.01. The van der Waals surface area contributed by atoms with E-state index in [-0.39, 0.29) is 49.3 Å². The topological polar surface area (TPSA) is 129 Å². The molecule has 0 heterocycles. The fraction of sp³-hybridized carbons (Fsp3) is 0.677. The van der Waals surface area contributed by atoms with Gasteiger partial charge < -0.3 is 35.0 Å². The molecular formula is C31H43IN2O7. The van der Waals surface area contributed by atoms with Gasteiger partial charge >= 0.3 is 0 Å². The number of hydrogen-bond acceptors (Lipinski definition) is 7. The van der Waals surface area contributed by atoms with E-state index in [2.05, 4.69) is 41.8 Å². The van der Waals surface area contributed by atoms with Crippen LogP contribution in [0.2, 0.25) is 0 Å². The first-order chi connectivity index (χ1) is 19.6. The van der Waals surface area contributed by atoms with Gasteiger partial charge in [-0.3, -0.25) is 9.59 Å². The number of methoxy groups -OCH3 is 1. The summed E-state index contributed by atoms with van der Waals surface area (Å²) < 4.78 is 12.6. The zero-order valence-corrected chi connectivity index (χ0v) is 26.3. The van der Waals surface area contributed by atoms with Crippen LogP contribution in [0, 0.1) is 32.7 Å². The summed E-state index contributed by atoms with van der Waals surface area (Å²) in [7, 11) is 1.51. The number of halogens is 1. The summed E-state index contributed by atoms with van der Waals surface area (Å²) in [5.41, 5.74) is 1.34. The van der Waals surface area contributed by atoms with E-state index in [1.54, 1.807) is 18.2 Å². The van der Waals surface area contributed by atoms with Crippen molar-refractivity contribution in [3.63, 3.8) is 0 Å². The molecule has 4 N–H and O–H groups in total. The molecule has 1 aromatic carbocycles. The number of amides is 2. The molecule has 5 aliphatic rings. The summed E-state index contributed by atoms with van der Waals surface area (Å²) in [4.78, 5) is 28.9. The number of carbonyl (C=O) groups is 2. The van der Waals surface area contributed by atoms with Gasteiger partial charge in [0.05, 0.1) is 29.9 Å². The van der Waals surface area contributed by atoms with Crippen LogP contribution in [-0.2, 0) is 16.2 Å². The number of ether oxygens (including phenoxy) is 2.